The van der Waals surface area contributed by atoms with E-state index in [4.69, 9.17) is 23.7 Å². The molecule has 33 heavy (non-hydrogen) atoms. The number of hydrogen-bond acceptors (Lipinski definition) is 9. The zero-order valence-corrected chi connectivity index (χ0v) is 19.1. The Morgan fingerprint density at radius 3 is 2.64 bits per heavy atom. The average Bonchev–Trinajstić information content (AvgIpc) is 3.25. The smallest absolute Gasteiger partial charge is 0.336 e. The molecule has 2 aliphatic heterocycles. The molecule has 0 saturated heterocycles. The molecule has 9 nitrogen and oxygen atoms in total. The second kappa shape index (κ2) is 9.27. The fourth-order valence-electron chi connectivity index (χ4n) is 4.67. The zero-order chi connectivity index (χ0) is 23.7. The van der Waals surface area contributed by atoms with Gasteiger partial charge in [0.15, 0.2) is 17.3 Å². The lowest BCUT2D eigenvalue weighted by atomic mass is 9.69. The van der Waals surface area contributed by atoms with Crippen LogP contribution in [0, 0.1) is 11.8 Å². The van der Waals surface area contributed by atoms with Gasteiger partial charge in [0.2, 0.25) is 6.79 Å². The quantitative estimate of drug-likeness (QED) is 0.391. The van der Waals surface area contributed by atoms with Gasteiger partial charge >= 0.3 is 11.9 Å². The van der Waals surface area contributed by atoms with Crippen molar-refractivity contribution in [2.75, 3.05) is 34.2 Å². The van der Waals surface area contributed by atoms with Crippen molar-refractivity contribution in [3.8, 4) is 11.5 Å². The first kappa shape index (κ1) is 22.8. The van der Waals surface area contributed by atoms with E-state index in [1.54, 1.807) is 25.1 Å². The minimum absolute atomic E-state index is 0.0711. The summed E-state index contributed by atoms with van der Waals surface area (Å²) in [7, 11) is 2.78. The Morgan fingerprint density at radius 2 is 1.91 bits per heavy atom. The molecule has 1 aromatic carbocycles. The Balaban J connectivity index is 1.82. The summed E-state index contributed by atoms with van der Waals surface area (Å²) in [5, 5.41) is 3.23. The summed E-state index contributed by atoms with van der Waals surface area (Å²) < 4.78 is 26.3. The number of benzene rings is 1. The molecule has 0 amide bonds. The molecule has 176 valence electrons. The van der Waals surface area contributed by atoms with Crippen LogP contribution in [0.5, 0.6) is 11.5 Å². The molecule has 0 bridgehead atoms. The van der Waals surface area contributed by atoms with E-state index in [2.05, 4.69) is 5.32 Å². The van der Waals surface area contributed by atoms with Gasteiger partial charge in [-0.05, 0) is 37.0 Å². The first-order chi connectivity index (χ1) is 15.9. The van der Waals surface area contributed by atoms with Crippen LogP contribution in [0.4, 0.5) is 0 Å². The molecule has 2 heterocycles. The number of ether oxygens (including phenoxy) is 5. The first-order valence-corrected chi connectivity index (χ1v) is 10.8. The number of hydrogen-bond donors (Lipinski definition) is 1. The summed E-state index contributed by atoms with van der Waals surface area (Å²) in [6.07, 6.45) is 0.464. The number of rotatable bonds is 6. The zero-order valence-electron chi connectivity index (χ0n) is 19.1. The highest BCUT2D eigenvalue weighted by Gasteiger charge is 2.47. The third kappa shape index (κ3) is 4.08. The maximum atomic E-state index is 13.7. The van der Waals surface area contributed by atoms with Crippen molar-refractivity contribution in [2.24, 2.45) is 11.8 Å². The Labute approximate surface area is 191 Å². The lowest BCUT2D eigenvalue weighted by Crippen LogP contribution is -2.43. The molecular weight excluding hydrogens is 430 g/mol. The predicted octanol–water partition coefficient (Wildman–Crippen LogP) is 2.22. The lowest BCUT2D eigenvalue weighted by Gasteiger charge is -2.38. The van der Waals surface area contributed by atoms with Crippen molar-refractivity contribution in [3.63, 3.8) is 0 Å². The van der Waals surface area contributed by atoms with Crippen LogP contribution in [0.1, 0.15) is 31.7 Å². The minimum atomic E-state index is -0.948. The largest absolute Gasteiger partial charge is 0.468 e. The highest BCUT2D eigenvalue weighted by molar-refractivity contribution is 6.12. The Bertz CT molecular complexity index is 1060. The summed E-state index contributed by atoms with van der Waals surface area (Å²) in [6.45, 7) is 4.03. The third-order valence-corrected chi connectivity index (χ3v) is 6.21. The van der Waals surface area contributed by atoms with Crippen molar-refractivity contribution in [3.05, 3.63) is 46.3 Å². The van der Waals surface area contributed by atoms with E-state index in [0.29, 0.717) is 46.0 Å². The van der Waals surface area contributed by atoms with Crippen molar-refractivity contribution >= 4 is 17.7 Å². The summed E-state index contributed by atoms with van der Waals surface area (Å²) in [5.74, 6) is -2.33. The van der Waals surface area contributed by atoms with Crippen molar-refractivity contribution in [1.29, 1.82) is 0 Å². The Hall–Kier alpha value is -3.33. The fourth-order valence-corrected chi connectivity index (χ4v) is 4.67. The molecule has 0 spiro atoms. The standard InChI is InChI=1S/C24H27NO8/c1-12-9-15-21(22(26)18(12)23(27)30-4)20(14-5-6-16-17(10-14)33-11-32-16)19(13(2)25-15)24(28)31-8-7-29-3/h5-6,10,12,18,20,25H,7-9,11H2,1-4H3/t12-,18-,20-/m1/s1. The molecule has 0 aromatic heterocycles. The van der Waals surface area contributed by atoms with E-state index in [1.165, 1.54) is 14.2 Å². The normalized spacial score (nSPS) is 23.8. The van der Waals surface area contributed by atoms with Gasteiger partial charge in [0.25, 0.3) is 0 Å². The van der Waals surface area contributed by atoms with Gasteiger partial charge in [-0.1, -0.05) is 13.0 Å². The van der Waals surface area contributed by atoms with Crippen molar-refractivity contribution in [1.82, 2.24) is 5.32 Å². The number of allylic oxidation sites excluding steroid dienone is 3. The Morgan fingerprint density at radius 1 is 1.15 bits per heavy atom. The molecule has 0 radical (unpaired) electrons. The molecule has 1 aromatic rings. The number of fused-ring (bicyclic) bond motifs is 1. The number of esters is 2. The van der Waals surface area contributed by atoms with Gasteiger partial charge in [0.1, 0.15) is 12.5 Å². The van der Waals surface area contributed by atoms with Gasteiger partial charge in [-0.3, -0.25) is 9.59 Å². The van der Waals surface area contributed by atoms with Gasteiger partial charge in [-0.15, -0.1) is 0 Å². The van der Waals surface area contributed by atoms with Gasteiger partial charge < -0.3 is 29.0 Å². The topological polar surface area (TPSA) is 109 Å². The van der Waals surface area contributed by atoms with Gasteiger partial charge in [-0.2, -0.15) is 0 Å². The molecule has 1 N–H and O–H groups in total. The molecule has 9 heteroatoms. The van der Waals surface area contributed by atoms with E-state index in [9.17, 15) is 14.4 Å². The van der Waals surface area contributed by atoms with Crippen LogP contribution >= 0.6 is 0 Å². The van der Waals surface area contributed by atoms with Gasteiger partial charge in [0, 0.05) is 30.0 Å². The number of Topliss-reactive ketones (excluding diaryl/α,β-unsaturated/α-hetero) is 1. The summed E-state index contributed by atoms with van der Waals surface area (Å²) >= 11 is 0. The second-order valence-electron chi connectivity index (χ2n) is 8.28. The number of carbonyl (C=O) groups is 3. The molecule has 0 unspecified atom stereocenters. The number of ketones is 1. The van der Waals surface area contributed by atoms with Crippen LogP contribution in [-0.2, 0) is 28.6 Å². The van der Waals surface area contributed by atoms with Gasteiger partial charge in [0.05, 0.1) is 19.3 Å². The average molecular weight is 457 g/mol. The van der Waals surface area contributed by atoms with E-state index in [0.717, 1.165) is 0 Å². The molecule has 1 aliphatic carbocycles. The van der Waals surface area contributed by atoms with Crippen LogP contribution in [0.2, 0.25) is 0 Å². The van der Waals surface area contributed by atoms with E-state index < -0.39 is 23.8 Å². The monoisotopic (exact) mass is 457 g/mol. The van der Waals surface area contributed by atoms with Crippen molar-refractivity contribution < 1.29 is 38.1 Å². The van der Waals surface area contributed by atoms with E-state index in [-0.39, 0.29) is 31.7 Å². The van der Waals surface area contributed by atoms with Crippen LogP contribution in [-0.4, -0.2) is 51.9 Å². The first-order valence-electron chi connectivity index (χ1n) is 10.8. The summed E-state index contributed by atoms with van der Waals surface area (Å²) in [6, 6.07) is 5.30. The number of methoxy groups -OCH3 is 2. The SMILES string of the molecule is COCCOC(=O)C1=C(C)NC2=C(C(=O)[C@H](C(=O)OC)[C@H](C)C2)[C@@H]1c1ccc2c(c1)OCO2. The molecular formula is C24H27NO8. The third-order valence-electron chi connectivity index (χ3n) is 6.21. The molecule has 3 atom stereocenters. The minimum Gasteiger partial charge on any atom is -0.468 e. The second-order valence-corrected chi connectivity index (χ2v) is 8.28. The summed E-state index contributed by atoms with van der Waals surface area (Å²) in [4.78, 5) is 39.3. The van der Waals surface area contributed by atoms with Gasteiger partial charge in [-0.25, -0.2) is 4.79 Å². The predicted molar refractivity (Wildman–Crippen MR) is 115 cm³/mol. The molecule has 3 aliphatic rings. The highest BCUT2D eigenvalue weighted by Crippen LogP contribution is 2.47. The van der Waals surface area contributed by atoms with Crippen LogP contribution in [0.3, 0.4) is 0 Å². The Kier molecular flexibility index (Phi) is 6.42. The number of nitrogens with one attached hydrogen (secondary N) is 1. The summed E-state index contributed by atoms with van der Waals surface area (Å²) in [5.41, 5.74) is 2.62. The van der Waals surface area contributed by atoms with Crippen LogP contribution in [0.25, 0.3) is 0 Å². The maximum absolute atomic E-state index is 13.7. The molecule has 4 rings (SSSR count). The van der Waals surface area contributed by atoms with E-state index >= 15 is 0 Å². The van der Waals surface area contributed by atoms with Crippen LogP contribution in [0.15, 0.2) is 40.7 Å². The molecule has 0 fully saturated rings. The number of dihydropyridines is 1. The van der Waals surface area contributed by atoms with Crippen molar-refractivity contribution in [2.45, 2.75) is 26.2 Å². The molecule has 0 saturated carbocycles. The fraction of sp³-hybridized carbons (Fsp3) is 0.458. The maximum Gasteiger partial charge on any atom is 0.336 e. The highest BCUT2D eigenvalue weighted by atomic mass is 16.7. The van der Waals surface area contributed by atoms with E-state index in [1.807, 2.05) is 6.92 Å². The lowest BCUT2D eigenvalue weighted by molar-refractivity contribution is -0.151. The number of carbonyl (C=O) groups excluding carboxylic acids is 3. The van der Waals surface area contributed by atoms with Crippen LogP contribution < -0.4 is 14.8 Å².